The predicted octanol–water partition coefficient (Wildman–Crippen LogP) is 6.92. The van der Waals surface area contributed by atoms with Crippen LogP contribution in [0.25, 0.3) is 10.9 Å². The largest absolute Gasteiger partial charge is 0.493 e. The van der Waals surface area contributed by atoms with Crippen LogP contribution in [0.2, 0.25) is 0 Å². The molecule has 4 aromatic rings. The van der Waals surface area contributed by atoms with Crippen LogP contribution in [-0.2, 0) is 29.6 Å². The fourth-order valence-corrected chi connectivity index (χ4v) is 6.23. The Kier molecular flexibility index (Phi) is 9.73. The molecule has 1 atom stereocenters. The van der Waals surface area contributed by atoms with Crippen LogP contribution in [0.5, 0.6) is 11.5 Å². The van der Waals surface area contributed by atoms with Crippen LogP contribution in [0.3, 0.4) is 0 Å². The van der Waals surface area contributed by atoms with Crippen molar-refractivity contribution in [2.45, 2.75) is 49.9 Å². The number of rotatable bonds is 12. The molecule has 0 radical (unpaired) electrons. The number of nitriles is 1. The van der Waals surface area contributed by atoms with Gasteiger partial charge in [-0.05, 0) is 60.2 Å². The van der Waals surface area contributed by atoms with Crippen molar-refractivity contribution in [2.75, 3.05) is 26.7 Å². The number of nitrogens with zero attached hydrogens (tertiary/aromatic N) is 3. The Morgan fingerprint density at radius 2 is 1.80 bits per heavy atom. The number of benzene rings is 3. The molecule has 1 fully saturated rings. The number of alkyl halides is 3. The summed E-state index contributed by atoms with van der Waals surface area (Å²) in [5.74, 6) is -0.0841. The summed E-state index contributed by atoms with van der Waals surface area (Å²) in [5, 5.41) is 19.1. The molecule has 1 aliphatic rings. The van der Waals surface area contributed by atoms with Gasteiger partial charge in [-0.3, -0.25) is 4.79 Å². The van der Waals surface area contributed by atoms with E-state index in [4.69, 9.17) is 14.6 Å². The number of ether oxygens (including phenoxy) is 2. The quantitative estimate of drug-likeness (QED) is 0.171. The molecule has 5 rings (SSSR count). The molecular formula is C36H36F3N3O4. The van der Waals surface area contributed by atoms with Gasteiger partial charge in [0, 0.05) is 43.3 Å². The molecule has 0 saturated carbocycles. The average Bonchev–Trinajstić information content (AvgIpc) is 3.41. The summed E-state index contributed by atoms with van der Waals surface area (Å²) in [6, 6.07) is 21.6. The van der Waals surface area contributed by atoms with Crippen molar-refractivity contribution in [3.8, 4) is 17.6 Å². The van der Waals surface area contributed by atoms with E-state index in [-0.39, 0.29) is 24.6 Å². The average molecular weight is 632 g/mol. The van der Waals surface area contributed by atoms with Gasteiger partial charge in [-0.25, -0.2) is 0 Å². The van der Waals surface area contributed by atoms with Crippen molar-refractivity contribution >= 4 is 16.9 Å². The normalized spacial score (nSPS) is 15.6. The van der Waals surface area contributed by atoms with Crippen LogP contribution in [0.15, 0.2) is 85.6 Å². The van der Waals surface area contributed by atoms with Crippen LogP contribution >= 0.6 is 0 Å². The van der Waals surface area contributed by atoms with Gasteiger partial charge in [0.25, 0.3) is 0 Å². The number of hydrogen-bond donors (Lipinski definition) is 1. The molecule has 1 aliphatic heterocycles. The summed E-state index contributed by atoms with van der Waals surface area (Å²) in [7, 11) is 1.47. The van der Waals surface area contributed by atoms with Crippen molar-refractivity contribution in [3.05, 3.63) is 108 Å². The zero-order valence-corrected chi connectivity index (χ0v) is 25.6. The smallest absolute Gasteiger partial charge is 0.403 e. The molecular weight excluding hydrogens is 595 g/mol. The highest BCUT2D eigenvalue weighted by atomic mass is 19.4. The standard InChI is InChI=1S/C36H36F3N3O4/c1-3-35(36(37,38)39,24-41-16-14-28(15-17-41)46-32-12-10-26(21-34(43)44)20-33(32)45-2)30-23-42(18-13-25-7-5-4-6-8-25)31-19-27(22-40)9-11-29(30)31/h3-12,19-20,23,28H,1,13-18,21,24H2,2H3,(H,43,44). The van der Waals surface area contributed by atoms with Gasteiger partial charge in [0.1, 0.15) is 11.5 Å². The lowest BCUT2D eigenvalue weighted by atomic mass is 9.78. The Labute approximate surface area is 266 Å². The van der Waals surface area contributed by atoms with E-state index in [1.165, 1.54) is 7.11 Å². The minimum Gasteiger partial charge on any atom is -0.493 e. The first-order valence-corrected chi connectivity index (χ1v) is 15.1. The number of aliphatic carboxylic acids is 1. The minimum atomic E-state index is -4.64. The van der Waals surface area contributed by atoms with Crippen LogP contribution in [0, 0.1) is 11.3 Å². The van der Waals surface area contributed by atoms with Crippen molar-refractivity contribution < 1.29 is 32.5 Å². The molecule has 240 valence electrons. The van der Waals surface area contributed by atoms with E-state index in [1.807, 2.05) is 34.9 Å². The van der Waals surface area contributed by atoms with Gasteiger partial charge in [0.15, 0.2) is 11.5 Å². The lowest BCUT2D eigenvalue weighted by Gasteiger charge is -2.40. The van der Waals surface area contributed by atoms with Gasteiger partial charge >= 0.3 is 12.1 Å². The van der Waals surface area contributed by atoms with E-state index >= 15 is 13.2 Å². The summed E-state index contributed by atoms with van der Waals surface area (Å²) in [4.78, 5) is 12.9. The van der Waals surface area contributed by atoms with E-state index in [9.17, 15) is 10.1 Å². The predicted molar refractivity (Wildman–Crippen MR) is 169 cm³/mol. The van der Waals surface area contributed by atoms with Crippen molar-refractivity contribution in [3.63, 3.8) is 0 Å². The fraction of sp³-hybridized carbons (Fsp3) is 0.333. The molecule has 10 heteroatoms. The number of methoxy groups -OCH3 is 1. The van der Waals surface area contributed by atoms with Gasteiger partial charge < -0.3 is 24.0 Å². The number of piperidine rings is 1. The third kappa shape index (κ3) is 6.90. The highest BCUT2D eigenvalue weighted by Gasteiger charge is 2.56. The Morgan fingerprint density at radius 3 is 2.43 bits per heavy atom. The van der Waals surface area contributed by atoms with Crippen LogP contribution in [0.4, 0.5) is 13.2 Å². The Hall–Kier alpha value is -4.75. The van der Waals surface area contributed by atoms with Crippen LogP contribution < -0.4 is 9.47 Å². The van der Waals surface area contributed by atoms with E-state index < -0.39 is 17.6 Å². The Morgan fingerprint density at radius 1 is 1.07 bits per heavy atom. The highest BCUT2D eigenvalue weighted by Crippen LogP contribution is 2.46. The number of carboxylic acids is 1. The minimum absolute atomic E-state index is 0.118. The molecule has 3 aromatic carbocycles. The number of carboxylic acid groups (broad SMARTS) is 1. The second-order valence-electron chi connectivity index (χ2n) is 11.6. The summed E-state index contributed by atoms with van der Waals surface area (Å²) in [6.07, 6.45) is -0.819. The van der Waals surface area contributed by atoms with E-state index in [0.29, 0.717) is 72.4 Å². The molecule has 2 heterocycles. The summed E-state index contributed by atoms with van der Waals surface area (Å²) >= 11 is 0. The number of aryl methyl sites for hydroxylation is 2. The van der Waals surface area contributed by atoms with Gasteiger partial charge in [-0.1, -0.05) is 48.5 Å². The number of likely N-dealkylation sites (tertiary alicyclic amines) is 1. The number of halogens is 3. The molecule has 1 unspecified atom stereocenters. The van der Waals surface area contributed by atoms with Crippen molar-refractivity contribution in [2.24, 2.45) is 0 Å². The third-order valence-electron chi connectivity index (χ3n) is 8.72. The number of carbonyl (C=O) groups is 1. The maximum Gasteiger partial charge on any atom is 0.403 e. The summed E-state index contributed by atoms with van der Waals surface area (Å²) < 4.78 is 59.2. The number of fused-ring (bicyclic) bond motifs is 1. The van der Waals surface area contributed by atoms with Gasteiger partial charge in [-0.2, -0.15) is 18.4 Å². The zero-order chi connectivity index (χ0) is 32.9. The van der Waals surface area contributed by atoms with Gasteiger partial charge in [0.05, 0.1) is 25.2 Å². The van der Waals surface area contributed by atoms with E-state index in [2.05, 4.69) is 12.6 Å². The molecule has 0 amide bonds. The number of hydrogen-bond acceptors (Lipinski definition) is 5. The van der Waals surface area contributed by atoms with Crippen molar-refractivity contribution in [1.82, 2.24) is 9.47 Å². The molecule has 0 aliphatic carbocycles. The van der Waals surface area contributed by atoms with Crippen LogP contribution in [0.1, 0.15) is 35.1 Å². The molecule has 1 saturated heterocycles. The van der Waals surface area contributed by atoms with Crippen molar-refractivity contribution in [1.29, 1.82) is 5.26 Å². The second kappa shape index (κ2) is 13.7. The lowest BCUT2D eigenvalue weighted by Crippen LogP contribution is -2.52. The third-order valence-corrected chi connectivity index (χ3v) is 8.72. The number of aromatic nitrogens is 1. The topological polar surface area (TPSA) is 87.7 Å². The molecule has 0 bridgehead atoms. The van der Waals surface area contributed by atoms with E-state index in [1.54, 1.807) is 47.5 Å². The maximum absolute atomic E-state index is 15.3. The molecule has 1 aromatic heterocycles. The first kappa shape index (κ1) is 32.6. The first-order valence-electron chi connectivity index (χ1n) is 15.1. The zero-order valence-electron chi connectivity index (χ0n) is 25.6. The summed E-state index contributed by atoms with van der Waals surface area (Å²) in [6.45, 7) is 4.61. The van der Waals surface area contributed by atoms with Crippen LogP contribution in [-0.4, -0.2) is 59.6 Å². The van der Waals surface area contributed by atoms with E-state index in [0.717, 1.165) is 11.6 Å². The Bertz CT molecular complexity index is 1740. The molecule has 7 nitrogen and oxygen atoms in total. The summed E-state index contributed by atoms with van der Waals surface area (Å²) in [5.41, 5.74) is 0.359. The molecule has 1 N–H and O–H groups in total. The monoisotopic (exact) mass is 631 g/mol. The highest BCUT2D eigenvalue weighted by molar-refractivity contribution is 5.87. The lowest BCUT2D eigenvalue weighted by molar-refractivity contribution is -0.181. The van der Waals surface area contributed by atoms with Gasteiger partial charge in [0.2, 0.25) is 0 Å². The Balaban J connectivity index is 1.38. The first-order chi connectivity index (χ1) is 22.1. The maximum atomic E-state index is 15.3. The molecule has 0 spiro atoms. The fourth-order valence-electron chi connectivity index (χ4n) is 6.23. The molecule has 46 heavy (non-hydrogen) atoms. The second-order valence-corrected chi connectivity index (χ2v) is 11.6. The van der Waals surface area contributed by atoms with Gasteiger partial charge in [-0.15, -0.1) is 6.58 Å². The SMILES string of the molecule is C=CC(CN1CCC(Oc2ccc(CC(=O)O)cc2OC)CC1)(c1cn(CCc2ccccc2)c2cc(C#N)ccc12)C(F)(F)F.